The van der Waals surface area contributed by atoms with E-state index >= 15 is 0 Å². The lowest BCUT2D eigenvalue weighted by molar-refractivity contribution is 0.251. The summed E-state index contributed by atoms with van der Waals surface area (Å²) in [5.74, 6) is 0. The standard InChI is InChI=1S/C12H20N2.C2H6.CH4/c1-5-7-12-11(6-2)8-13-9-14(12)10(3)4;1-2;/h5-7,10,13H,1,8-9H2,2-4H3;1-2H3;1H4/b11-6-,12-7+;;. The zero-order chi connectivity index (χ0) is 12.6. The average molecular weight is 238 g/mol. The summed E-state index contributed by atoms with van der Waals surface area (Å²) < 4.78 is 0. The van der Waals surface area contributed by atoms with Crippen molar-refractivity contribution in [3.63, 3.8) is 0 Å². The second kappa shape index (κ2) is 10.2. The molecule has 17 heavy (non-hydrogen) atoms. The minimum atomic E-state index is 0. The maximum Gasteiger partial charge on any atom is 0.0687 e. The molecular weight excluding hydrogens is 208 g/mol. The molecule has 0 radical (unpaired) electrons. The van der Waals surface area contributed by atoms with E-state index in [9.17, 15) is 0 Å². The molecule has 0 aromatic heterocycles. The van der Waals surface area contributed by atoms with E-state index in [1.165, 1.54) is 11.3 Å². The van der Waals surface area contributed by atoms with Gasteiger partial charge in [-0.2, -0.15) is 0 Å². The van der Waals surface area contributed by atoms with Crippen LogP contribution in [0.25, 0.3) is 0 Å². The van der Waals surface area contributed by atoms with Gasteiger partial charge in [-0.15, -0.1) is 0 Å². The van der Waals surface area contributed by atoms with Crippen molar-refractivity contribution in [1.29, 1.82) is 0 Å². The van der Waals surface area contributed by atoms with Crippen molar-refractivity contribution < 1.29 is 0 Å². The van der Waals surface area contributed by atoms with Crippen molar-refractivity contribution in [2.75, 3.05) is 13.2 Å². The molecule has 0 bridgehead atoms. The Bertz CT molecular complexity index is 262. The van der Waals surface area contributed by atoms with Gasteiger partial charge in [-0.3, -0.25) is 5.32 Å². The minimum absolute atomic E-state index is 0. The molecule has 0 saturated carbocycles. The molecule has 0 amide bonds. The topological polar surface area (TPSA) is 15.3 Å². The van der Waals surface area contributed by atoms with Crippen molar-refractivity contribution in [1.82, 2.24) is 10.2 Å². The molecule has 1 aliphatic heterocycles. The molecule has 0 spiro atoms. The molecule has 2 heteroatoms. The number of allylic oxidation sites excluding steroid dienone is 3. The van der Waals surface area contributed by atoms with Crippen LogP contribution in [0.4, 0.5) is 0 Å². The summed E-state index contributed by atoms with van der Waals surface area (Å²) in [6.07, 6.45) is 6.12. The number of hydrogen-bond donors (Lipinski definition) is 1. The molecular formula is C15H30N2. The van der Waals surface area contributed by atoms with Gasteiger partial charge in [0, 0.05) is 18.3 Å². The Kier molecular flexibility index (Phi) is 11.0. The van der Waals surface area contributed by atoms with Crippen molar-refractivity contribution in [3.05, 3.63) is 36.1 Å². The van der Waals surface area contributed by atoms with Crippen molar-refractivity contribution in [2.24, 2.45) is 0 Å². The number of nitrogens with zero attached hydrogens (tertiary/aromatic N) is 1. The quantitative estimate of drug-likeness (QED) is 0.784. The number of rotatable bonds is 2. The van der Waals surface area contributed by atoms with Crippen LogP contribution >= 0.6 is 0 Å². The normalized spacial score (nSPS) is 19.8. The summed E-state index contributed by atoms with van der Waals surface area (Å²) >= 11 is 0. The van der Waals surface area contributed by atoms with E-state index < -0.39 is 0 Å². The Labute approximate surface area is 108 Å². The van der Waals surface area contributed by atoms with Gasteiger partial charge in [-0.25, -0.2) is 0 Å². The monoisotopic (exact) mass is 238 g/mol. The van der Waals surface area contributed by atoms with Crippen molar-refractivity contribution >= 4 is 0 Å². The fourth-order valence-corrected chi connectivity index (χ4v) is 1.70. The molecule has 100 valence electrons. The predicted octanol–water partition coefficient (Wildman–Crippen LogP) is 3.94. The SMILES string of the molecule is C.C=C/C=C1\C(=C/C)CNCN1C(C)C.CC. The van der Waals surface area contributed by atoms with E-state index in [0.717, 1.165) is 13.2 Å². The maximum absolute atomic E-state index is 3.77. The largest absolute Gasteiger partial charge is 0.356 e. The highest BCUT2D eigenvalue weighted by molar-refractivity contribution is 5.35. The van der Waals surface area contributed by atoms with Gasteiger partial charge in [0.05, 0.1) is 6.67 Å². The molecule has 0 aromatic rings. The molecule has 2 nitrogen and oxygen atoms in total. The first-order valence-corrected chi connectivity index (χ1v) is 6.16. The van der Waals surface area contributed by atoms with Gasteiger partial charge >= 0.3 is 0 Å². The molecule has 0 atom stereocenters. The summed E-state index contributed by atoms with van der Waals surface area (Å²) in [5.41, 5.74) is 2.65. The molecule has 1 heterocycles. The summed E-state index contributed by atoms with van der Waals surface area (Å²) in [7, 11) is 0. The molecule has 1 aliphatic rings. The fraction of sp³-hybridized carbons (Fsp3) is 0.600. The summed E-state index contributed by atoms with van der Waals surface area (Å²) in [6.45, 7) is 16.1. The lowest BCUT2D eigenvalue weighted by Gasteiger charge is -2.37. The Balaban J connectivity index is 0. The summed E-state index contributed by atoms with van der Waals surface area (Å²) in [5, 5.41) is 3.39. The smallest absolute Gasteiger partial charge is 0.0687 e. The fourth-order valence-electron chi connectivity index (χ4n) is 1.70. The first-order chi connectivity index (χ1) is 7.70. The average Bonchev–Trinajstić information content (AvgIpc) is 2.32. The van der Waals surface area contributed by atoms with Gasteiger partial charge in [-0.1, -0.05) is 40.0 Å². The third-order valence-corrected chi connectivity index (χ3v) is 2.48. The molecule has 1 fully saturated rings. The zero-order valence-corrected chi connectivity index (χ0v) is 11.4. The van der Waals surface area contributed by atoms with E-state index in [2.05, 4.69) is 49.7 Å². The van der Waals surface area contributed by atoms with Gasteiger partial charge in [0.1, 0.15) is 0 Å². The molecule has 0 aromatic carbocycles. The first kappa shape index (κ1) is 18.3. The van der Waals surface area contributed by atoms with E-state index in [1.807, 2.05) is 19.9 Å². The highest BCUT2D eigenvalue weighted by atomic mass is 15.3. The van der Waals surface area contributed by atoms with E-state index in [-0.39, 0.29) is 7.43 Å². The van der Waals surface area contributed by atoms with E-state index in [4.69, 9.17) is 0 Å². The minimum Gasteiger partial charge on any atom is -0.356 e. The summed E-state index contributed by atoms with van der Waals surface area (Å²) in [6, 6.07) is 0.518. The van der Waals surface area contributed by atoms with E-state index in [1.54, 1.807) is 0 Å². The highest BCUT2D eigenvalue weighted by Crippen LogP contribution is 2.20. The molecule has 1 N–H and O–H groups in total. The van der Waals surface area contributed by atoms with Gasteiger partial charge in [0.15, 0.2) is 0 Å². The second-order valence-electron chi connectivity index (χ2n) is 3.75. The molecule has 0 unspecified atom stereocenters. The molecule has 1 rings (SSSR count). The highest BCUT2D eigenvalue weighted by Gasteiger charge is 2.19. The third-order valence-electron chi connectivity index (χ3n) is 2.48. The Morgan fingerprint density at radius 2 is 1.94 bits per heavy atom. The second-order valence-corrected chi connectivity index (χ2v) is 3.75. The Hall–Kier alpha value is -1.02. The van der Waals surface area contributed by atoms with Gasteiger partial charge in [0.25, 0.3) is 0 Å². The van der Waals surface area contributed by atoms with Crippen molar-refractivity contribution in [2.45, 2.75) is 48.1 Å². The third kappa shape index (κ3) is 5.22. The van der Waals surface area contributed by atoms with Gasteiger partial charge in [-0.05, 0) is 32.4 Å². The number of hydrogen-bond acceptors (Lipinski definition) is 2. The van der Waals surface area contributed by atoms with Crippen LogP contribution in [-0.2, 0) is 0 Å². The van der Waals surface area contributed by atoms with Crippen LogP contribution in [0, 0.1) is 0 Å². The summed E-state index contributed by atoms with van der Waals surface area (Å²) in [4.78, 5) is 2.35. The van der Waals surface area contributed by atoms with Crippen LogP contribution < -0.4 is 5.32 Å². The van der Waals surface area contributed by atoms with Crippen LogP contribution in [0.15, 0.2) is 36.1 Å². The van der Waals surface area contributed by atoms with Gasteiger partial charge in [0.2, 0.25) is 0 Å². The Morgan fingerprint density at radius 3 is 2.35 bits per heavy atom. The lowest BCUT2D eigenvalue weighted by atomic mass is 10.1. The van der Waals surface area contributed by atoms with Crippen molar-refractivity contribution in [3.8, 4) is 0 Å². The van der Waals surface area contributed by atoms with Crippen LogP contribution in [-0.4, -0.2) is 24.2 Å². The van der Waals surface area contributed by atoms with Crippen LogP contribution in [0.5, 0.6) is 0 Å². The van der Waals surface area contributed by atoms with Crippen LogP contribution in [0.3, 0.4) is 0 Å². The Morgan fingerprint density at radius 1 is 1.35 bits per heavy atom. The first-order valence-electron chi connectivity index (χ1n) is 6.16. The van der Waals surface area contributed by atoms with Gasteiger partial charge < -0.3 is 4.90 Å². The maximum atomic E-state index is 3.77. The molecule has 1 saturated heterocycles. The zero-order valence-electron chi connectivity index (χ0n) is 11.4. The van der Waals surface area contributed by atoms with Crippen LogP contribution in [0.2, 0.25) is 0 Å². The molecule has 0 aliphatic carbocycles. The predicted molar refractivity (Wildman–Crippen MR) is 80.0 cm³/mol. The lowest BCUT2D eigenvalue weighted by Crippen LogP contribution is -2.44. The number of nitrogens with one attached hydrogen (secondary N) is 1. The van der Waals surface area contributed by atoms with Crippen LogP contribution in [0.1, 0.15) is 42.0 Å². The van der Waals surface area contributed by atoms with E-state index in [0.29, 0.717) is 6.04 Å².